The molecule has 3 aromatic rings. The Balaban J connectivity index is 1.42. The molecule has 2 amide bonds. The van der Waals surface area contributed by atoms with Crippen molar-refractivity contribution in [3.63, 3.8) is 0 Å². The van der Waals surface area contributed by atoms with Gasteiger partial charge in [0.1, 0.15) is 16.4 Å². The summed E-state index contributed by atoms with van der Waals surface area (Å²) in [6.45, 7) is 5.67. The molecular weight excluding hydrogens is 412 g/mol. The number of carbonyl (C=O) groups excluding carboxylic acids is 2. The van der Waals surface area contributed by atoms with E-state index in [4.69, 9.17) is 9.47 Å². The van der Waals surface area contributed by atoms with E-state index in [1.807, 2.05) is 38.1 Å². The SMILES string of the molecule is CC(C)Oc1ccc(Oc2ncc(C#C[C@@H](C)N3C(=O)c4ccccc4C3=O)s2)cc1. The number of hydrogen-bond acceptors (Lipinski definition) is 6. The predicted octanol–water partition coefficient (Wildman–Crippen LogP) is 4.76. The Hall–Kier alpha value is -3.63. The Morgan fingerprint density at radius 3 is 2.16 bits per heavy atom. The first kappa shape index (κ1) is 20.6. The van der Waals surface area contributed by atoms with Gasteiger partial charge in [-0.15, -0.1) is 0 Å². The van der Waals surface area contributed by atoms with Crippen LogP contribution in [0.2, 0.25) is 0 Å². The summed E-state index contributed by atoms with van der Waals surface area (Å²) in [6, 6.07) is 13.5. The topological polar surface area (TPSA) is 68.7 Å². The van der Waals surface area contributed by atoms with Gasteiger partial charge in [0, 0.05) is 0 Å². The minimum absolute atomic E-state index is 0.106. The van der Waals surface area contributed by atoms with E-state index in [1.165, 1.54) is 16.2 Å². The van der Waals surface area contributed by atoms with Crippen molar-refractivity contribution in [3.8, 4) is 28.5 Å². The van der Waals surface area contributed by atoms with Crippen molar-refractivity contribution in [1.82, 2.24) is 9.88 Å². The second-order valence-corrected chi connectivity index (χ2v) is 8.19. The van der Waals surface area contributed by atoms with Gasteiger partial charge in [0.15, 0.2) is 0 Å². The fraction of sp³-hybridized carbons (Fsp3) is 0.208. The van der Waals surface area contributed by atoms with Crippen LogP contribution in [0.25, 0.3) is 0 Å². The number of amides is 2. The third-order valence-electron chi connectivity index (χ3n) is 4.50. The minimum atomic E-state index is -0.563. The number of aromatic nitrogens is 1. The summed E-state index contributed by atoms with van der Waals surface area (Å²) in [7, 11) is 0. The summed E-state index contributed by atoms with van der Waals surface area (Å²) in [6.07, 6.45) is 1.72. The summed E-state index contributed by atoms with van der Waals surface area (Å²) in [5.74, 6) is 6.74. The lowest BCUT2D eigenvalue weighted by Crippen LogP contribution is -2.37. The molecule has 0 fully saturated rings. The van der Waals surface area contributed by atoms with Crippen molar-refractivity contribution in [1.29, 1.82) is 0 Å². The maximum absolute atomic E-state index is 12.5. The molecule has 0 saturated heterocycles. The number of hydrogen-bond donors (Lipinski definition) is 0. The van der Waals surface area contributed by atoms with Crippen LogP contribution in [-0.2, 0) is 0 Å². The number of rotatable bonds is 5. The Bertz CT molecular complexity index is 1150. The van der Waals surface area contributed by atoms with Crippen LogP contribution in [0.4, 0.5) is 0 Å². The summed E-state index contributed by atoms with van der Waals surface area (Å²) in [5.41, 5.74) is 0.832. The highest BCUT2D eigenvalue weighted by Crippen LogP contribution is 2.28. The van der Waals surface area contributed by atoms with Crippen LogP contribution in [0.1, 0.15) is 46.4 Å². The first-order chi connectivity index (χ1) is 14.9. The smallest absolute Gasteiger partial charge is 0.279 e. The highest BCUT2D eigenvalue weighted by molar-refractivity contribution is 7.13. The molecule has 0 spiro atoms. The van der Waals surface area contributed by atoms with Gasteiger partial charge in [-0.1, -0.05) is 35.3 Å². The van der Waals surface area contributed by atoms with Crippen LogP contribution < -0.4 is 9.47 Å². The molecule has 0 unspecified atom stereocenters. The number of carbonyl (C=O) groups is 2. The number of benzene rings is 2. The molecule has 0 N–H and O–H groups in total. The highest BCUT2D eigenvalue weighted by atomic mass is 32.1. The van der Waals surface area contributed by atoms with E-state index in [2.05, 4.69) is 16.8 Å². The van der Waals surface area contributed by atoms with Crippen molar-refractivity contribution < 1.29 is 19.1 Å². The fourth-order valence-corrected chi connectivity index (χ4v) is 3.77. The van der Waals surface area contributed by atoms with Crippen molar-refractivity contribution in [2.75, 3.05) is 0 Å². The van der Waals surface area contributed by atoms with Crippen molar-refractivity contribution >= 4 is 23.2 Å². The number of fused-ring (bicyclic) bond motifs is 1. The molecule has 6 nitrogen and oxygen atoms in total. The number of imide groups is 1. The zero-order chi connectivity index (χ0) is 22.0. The summed E-state index contributed by atoms with van der Waals surface area (Å²) < 4.78 is 11.4. The molecule has 0 aliphatic carbocycles. The Morgan fingerprint density at radius 1 is 0.935 bits per heavy atom. The Morgan fingerprint density at radius 2 is 1.55 bits per heavy atom. The molecule has 0 bridgehead atoms. The molecule has 2 aromatic carbocycles. The van der Waals surface area contributed by atoms with Crippen molar-refractivity contribution in [3.05, 3.63) is 70.7 Å². The maximum Gasteiger partial charge on any atom is 0.279 e. The standard InChI is InChI=1S/C24H20N2O4S/c1-15(2)29-17-9-11-18(12-10-17)30-24-25-14-19(31-24)13-8-16(3)26-22(27)20-6-4-5-7-21(20)23(26)28/h4-7,9-12,14-16H,1-3H3/t16-/m1/s1. The summed E-state index contributed by atoms with van der Waals surface area (Å²) in [4.78, 5) is 31.2. The molecule has 7 heteroatoms. The molecule has 1 aromatic heterocycles. The lowest BCUT2D eigenvalue weighted by atomic mass is 10.1. The molecule has 0 radical (unpaired) electrons. The van der Waals surface area contributed by atoms with Gasteiger partial charge in [0.25, 0.3) is 17.0 Å². The molecule has 31 heavy (non-hydrogen) atoms. The second kappa shape index (κ2) is 8.62. The van der Waals surface area contributed by atoms with Gasteiger partial charge >= 0.3 is 0 Å². The Labute approximate surface area is 184 Å². The number of nitrogens with zero attached hydrogens (tertiary/aromatic N) is 2. The molecule has 2 heterocycles. The summed E-state index contributed by atoms with van der Waals surface area (Å²) in [5, 5.41) is 0.454. The van der Waals surface area contributed by atoms with Gasteiger partial charge in [0.05, 0.1) is 29.5 Å². The van der Waals surface area contributed by atoms with Crippen LogP contribution in [0, 0.1) is 11.8 Å². The molecule has 0 saturated carbocycles. The fourth-order valence-electron chi connectivity index (χ4n) is 3.12. The number of ether oxygens (including phenoxy) is 2. The average molecular weight is 433 g/mol. The maximum atomic E-state index is 12.5. The third kappa shape index (κ3) is 4.44. The Kier molecular flexibility index (Phi) is 5.74. The molecule has 4 rings (SSSR count). The van der Waals surface area contributed by atoms with E-state index in [-0.39, 0.29) is 17.9 Å². The molecule has 1 atom stereocenters. The molecular formula is C24H20N2O4S. The van der Waals surface area contributed by atoms with E-state index >= 15 is 0 Å². The zero-order valence-electron chi connectivity index (χ0n) is 17.3. The van der Waals surface area contributed by atoms with Crippen LogP contribution in [-0.4, -0.2) is 33.8 Å². The van der Waals surface area contributed by atoms with Gasteiger partial charge in [0.2, 0.25) is 0 Å². The normalized spacial score (nSPS) is 13.6. The quantitative estimate of drug-likeness (QED) is 0.430. The molecule has 1 aliphatic heterocycles. The van der Waals surface area contributed by atoms with Gasteiger partial charge in [-0.2, -0.15) is 0 Å². The second-order valence-electron chi connectivity index (χ2n) is 7.20. The first-order valence-corrected chi connectivity index (χ1v) is 10.6. The van der Waals surface area contributed by atoms with Crippen LogP contribution in [0.3, 0.4) is 0 Å². The van der Waals surface area contributed by atoms with Gasteiger partial charge in [-0.05, 0) is 57.2 Å². The monoisotopic (exact) mass is 432 g/mol. The average Bonchev–Trinajstić information content (AvgIpc) is 3.30. The van der Waals surface area contributed by atoms with Gasteiger partial charge in [-0.3, -0.25) is 14.5 Å². The molecule has 1 aliphatic rings. The van der Waals surface area contributed by atoms with E-state index in [1.54, 1.807) is 37.4 Å². The van der Waals surface area contributed by atoms with Crippen molar-refractivity contribution in [2.24, 2.45) is 0 Å². The van der Waals surface area contributed by atoms with E-state index in [9.17, 15) is 9.59 Å². The minimum Gasteiger partial charge on any atom is -0.491 e. The summed E-state index contributed by atoms with van der Waals surface area (Å²) >= 11 is 1.29. The van der Waals surface area contributed by atoms with Crippen LogP contribution in [0.15, 0.2) is 54.7 Å². The number of thiazole rings is 1. The van der Waals surface area contributed by atoms with Crippen molar-refractivity contribution in [2.45, 2.75) is 32.9 Å². The highest BCUT2D eigenvalue weighted by Gasteiger charge is 2.37. The van der Waals surface area contributed by atoms with E-state index < -0.39 is 6.04 Å². The van der Waals surface area contributed by atoms with Gasteiger partial charge in [-0.25, -0.2) is 4.98 Å². The largest absolute Gasteiger partial charge is 0.491 e. The van der Waals surface area contributed by atoms with Crippen LogP contribution in [0.5, 0.6) is 16.7 Å². The molecule has 156 valence electrons. The third-order valence-corrected chi connectivity index (χ3v) is 5.29. The predicted molar refractivity (Wildman–Crippen MR) is 118 cm³/mol. The van der Waals surface area contributed by atoms with E-state index in [0.717, 1.165) is 5.75 Å². The van der Waals surface area contributed by atoms with E-state index in [0.29, 0.717) is 26.9 Å². The first-order valence-electron chi connectivity index (χ1n) is 9.81. The van der Waals surface area contributed by atoms with Gasteiger partial charge < -0.3 is 9.47 Å². The lowest BCUT2D eigenvalue weighted by molar-refractivity contribution is 0.0630. The van der Waals surface area contributed by atoms with Crippen LogP contribution >= 0.6 is 11.3 Å². The lowest BCUT2D eigenvalue weighted by Gasteiger charge is -2.17. The zero-order valence-corrected chi connectivity index (χ0v) is 18.1.